The maximum Gasteiger partial charge on any atom is 0.0353 e. The van der Waals surface area contributed by atoms with Crippen molar-refractivity contribution >= 4 is 10.8 Å². The van der Waals surface area contributed by atoms with Crippen molar-refractivity contribution in [1.82, 2.24) is 4.98 Å². The minimum absolute atomic E-state index is 1.11. The monoisotopic (exact) mass is 157 g/mol. The smallest absolute Gasteiger partial charge is 0.0353 e. The number of hydrogen-bond acceptors (Lipinski definition) is 1. The molecule has 0 spiro atoms. The maximum atomic E-state index is 3.98. The molecular formula is C11H11N. The molecule has 0 fully saturated rings. The van der Waals surface area contributed by atoms with Gasteiger partial charge in [0.25, 0.3) is 0 Å². The summed E-state index contributed by atoms with van der Waals surface area (Å²) in [4.78, 5) is 3.98. The van der Waals surface area contributed by atoms with Crippen LogP contribution >= 0.6 is 0 Å². The predicted molar refractivity (Wildman–Crippen MR) is 50.8 cm³/mol. The van der Waals surface area contributed by atoms with Crippen molar-refractivity contribution < 1.29 is 0 Å². The lowest BCUT2D eigenvalue weighted by atomic mass is 10.2. The summed E-state index contributed by atoms with van der Waals surface area (Å²) in [6.45, 7) is 4.00. The molecule has 0 saturated heterocycles. The van der Waals surface area contributed by atoms with E-state index in [0.29, 0.717) is 0 Å². The summed E-state index contributed by atoms with van der Waals surface area (Å²) in [5.41, 5.74) is 0. The van der Waals surface area contributed by atoms with E-state index in [-0.39, 0.29) is 0 Å². The zero-order valence-electron chi connectivity index (χ0n) is 7.33. The number of aromatic nitrogens is 1. The lowest BCUT2D eigenvalue weighted by Gasteiger charge is -1.88. The molecule has 0 saturated carbocycles. The fourth-order valence-electron chi connectivity index (χ4n) is 0.908. The molecule has 1 aromatic carbocycles. The van der Waals surface area contributed by atoms with Gasteiger partial charge in [-0.25, -0.2) is 0 Å². The van der Waals surface area contributed by atoms with Crippen LogP contribution in [0.3, 0.4) is 0 Å². The number of nitrogens with zero attached hydrogens (tertiary/aromatic N) is 1. The molecule has 2 rings (SSSR count). The van der Waals surface area contributed by atoms with Crippen molar-refractivity contribution in [2.24, 2.45) is 0 Å². The van der Waals surface area contributed by atoms with Crippen molar-refractivity contribution in [2.75, 3.05) is 0 Å². The molecule has 0 atom stereocenters. The molecule has 0 bridgehead atoms. The molecule has 0 amide bonds. The molecule has 1 nitrogen and oxygen atoms in total. The molecular weight excluding hydrogens is 146 g/mol. The van der Waals surface area contributed by atoms with E-state index in [1.165, 1.54) is 0 Å². The number of rotatable bonds is 0. The second-order valence-electron chi connectivity index (χ2n) is 2.08. The summed E-state index contributed by atoms with van der Waals surface area (Å²) in [6.07, 6.45) is 3.59. The maximum absolute atomic E-state index is 3.98. The largest absolute Gasteiger partial charge is 0.264 e. The van der Waals surface area contributed by atoms with E-state index in [9.17, 15) is 0 Å². The first-order chi connectivity index (χ1) is 5.97. The molecule has 1 heteroatoms. The van der Waals surface area contributed by atoms with Crippen LogP contribution in [0, 0.1) is 12.1 Å². The summed E-state index contributed by atoms with van der Waals surface area (Å²) in [6, 6.07) is 11.5. The first-order valence-electron chi connectivity index (χ1n) is 4.08. The highest BCUT2D eigenvalue weighted by Gasteiger charge is 1.85. The Labute approximate surface area is 73.1 Å². The van der Waals surface area contributed by atoms with Crippen LogP contribution in [0.1, 0.15) is 13.8 Å². The van der Waals surface area contributed by atoms with Crippen LogP contribution in [-0.4, -0.2) is 4.98 Å². The zero-order valence-corrected chi connectivity index (χ0v) is 7.33. The second-order valence-corrected chi connectivity index (χ2v) is 2.08. The zero-order chi connectivity index (χ0) is 8.81. The van der Waals surface area contributed by atoms with Gasteiger partial charge in [0.05, 0.1) is 0 Å². The molecule has 0 radical (unpaired) electrons. The lowest BCUT2D eigenvalue weighted by Crippen LogP contribution is -1.70. The Kier molecular flexibility index (Phi) is 3.10. The Bertz CT molecular complexity index is 276. The van der Waals surface area contributed by atoms with Crippen LogP contribution in [0.25, 0.3) is 10.8 Å². The van der Waals surface area contributed by atoms with Gasteiger partial charge in [0, 0.05) is 17.8 Å². The Morgan fingerprint density at radius 3 is 2.42 bits per heavy atom. The van der Waals surface area contributed by atoms with E-state index >= 15 is 0 Å². The van der Waals surface area contributed by atoms with Crippen LogP contribution in [0.2, 0.25) is 0 Å². The van der Waals surface area contributed by atoms with Gasteiger partial charge in [0.15, 0.2) is 0 Å². The molecule has 0 aliphatic heterocycles. The number of fused-ring (bicyclic) bond motifs is 1. The van der Waals surface area contributed by atoms with Crippen molar-refractivity contribution in [3.8, 4) is 0 Å². The molecule has 60 valence electrons. The molecule has 0 aliphatic rings. The summed E-state index contributed by atoms with van der Waals surface area (Å²) >= 11 is 0. The molecule has 0 aliphatic carbocycles. The third kappa shape index (κ3) is 1.73. The van der Waals surface area contributed by atoms with Gasteiger partial charge in [0.2, 0.25) is 0 Å². The van der Waals surface area contributed by atoms with E-state index in [4.69, 9.17) is 0 Å². The van der Waals surface area contributed by atoms with Crippen molar-refractivity contribution in [3.05, 3.63) is 42.7 Å². The first-order valence-corrected chi connectivity index (χ1v) is 4.08. The highest BCUT2D eigenvalue weighted by molar-refractivity contribution is 5.80. The van der Waals surface area contributed by atoms with Gasteiger partial charge >= 0.3 is 0 Å². The Hall–Kier alpha value is -1.55. The predicted octanol–water partition coefficient (Wildman–Crippen LogP) is 2.86. The van der Waals surface area contributed by atoms with Crippen molar-refractivity contribution in [3.63, 3.8) is 0 Å². The van der Waals surface area contributed by atoms with Crippen LogP contribution in [0.5, 0.6) is 0 Å². The third-order valence-corrected chi connectivity index (χ3v) is 1.43. The van der Waals surface area contributed by atoms with Crippen molar-refractivity contribution in [1.29, 1.82) is 0 Å². The fraction of sp³-hybridized carbons (Fsp3) is 0.182. The van der Waals surface area contributed by atoms with Gasteiger partial charge in [-0.2, -0.15) is 0 Å². The van der Waals surface area contributed by atoms with Gasteiger partial charge in [-0.05, 0) is 23.6 Å². The lowest BCUT2D eigenvalue weighted by molar-refractivity contribution is 1.37. The minimum Gasteiger partial charge on any atom is -0.264 e. The summed E-state index contributed by atoms with van der Waals surface area (Å²) in [7, 11) is 0. The van der Waals surface area contributed by atoms with E-state index in [0.717, 1.165) is 10.8 Å². The Balaban J connectivity index is 0.000000336. The normalized spacial score (nSPS) is 8.17. The van der Waals surface area contributed by atoms with Gasteiger partial charge in [-0.1, -0.05) is 26.0 Å². The summed E-state index contributed by atoms with van der Waals surface area (Å²) in [5, 5.41) is 2.27. The topological polar surface area (TPSA) is 12.9 Å². The minimum atomic E-state index is 1.11. The first kappa shape index (κ1) is 8.55. The summed E-state index contributed by atoms with van der Waals surface area (Å²) in [5.74, 6) is 0. The number of pyridine rings is 1. The van der Waals surface area contributed by atoms with Crippen LogP contribution in [0.15, 0.2) is 30.6 Å². The van der Waals surface area contributed by atoms with Gasteiger partial charge in [0.1, 0.15) is 0 Å². The van der Waals surface area contributed by atoms with Gasteiger partial charge < -0.3 is 0 Å². The quantitative estimate of drug-likeness (QED) is 0.573. The molecule has 2 aromatic rings. The number of hydrogen-bond donors (Lipinski definition) is 0. The third-order valence-electron chi connectivity index (χ3n) is 1.43. The standard InChI is InChI=1S/C9H5N.C2H6/c1-2-4-9-7-10-6-5-8(9)3-1;1-2/h3-7H;1-2H3. The molecule has 1 aromatic heterocycles. The van der Waals surface area contributed by atoms with Crippen LogP contribution < -0.4 is 0 Å². The Morgan fingerprint density at radius 2 is 1.75 bits per heavy atom. The summed E-state index contributed by atoms with van der Waals surface area (Å²) < 4.78 is 0. The average molecular weight is 157 g/mol. The molecule has 12 heavy (non-hydrogen) atoms. The highest BCUT2D eigenvalue weighted by Crippen LogP contribution is 2.06. The van der Waals surface area contributed by atoms with Crippen LogP contribution in [0.4, 0.5) is 0 Å². The average Bonchev–Trinajstić information content (AvgIpc) is 2.21. The molecule has 0 unspecified atom stereocenters. The highest BCUT2D eigenvalue weighted by atomic mass is 14.6. The van der Waals surface area contributed by atoms with E-state index in [2.05, 4.69) is 17.1 Å². The van der Waals surface area contributed by atoms with E-state index in [1.807, 2.05) is 38.2 Å². The second kappa shape index (κ2) is 4.35. The van der Waals surface area contributed by atoms with Crippen molar-refractivity contribution in [2.45, 2.75) is 13.8 Å². The van der Waals surface area contributed by atoms with Gasteiger partial charge in [-0.15, -0.1) is 0 Å². The van der Waals surface area contributed by atoms with Crippen LogP contribution in [-0.2, 0) is 0 Å². The van der Waals surface area contributed by atoms with E-state index in [1.54, 1.807) is 6.20 Å². The molecule has 1 heterocycles. The fourth-order valence-corrected chi connectivity index (χ4v) is 0.908. The Morgan fingerprint density at radius 1 is 1.08 bits per heavy atom. The van der Waals surface area contributed by atoms with Gasteiger partial charge in [-0.3, -0.25) is 4.98 Å². The molecule has 0 N–H and O–H groups in total. The SMILES string of the molecule is CC.c1cc2ccncc2cc#1. The van der Waals surface area contributed by atoms with E-state index < -0.39 is 0 Å².